The standard InChI is InChI=1S/C11H19Br/c1-9(2)11(4)6-5-10(3)7-8-12/h7H,5-6,8H2,1-4H3. The summed E-state index contributed by atoms with van der Waals surface area (Å²) in [6, 6.07) is 0. The number of halogens is 1. The van der Waals surface area contributed by atoms with Crippen molar-refractivity contribution >= 4 is 15.9 Å². The topological polar surface area (TPSA) is 0 Å². The summed E-state index contributed by atoms with van der Waals surface area (Å²) in [5.74, 6) is 0. The van der Waals surface area contributed by atoms with Gasteiger partial charge in [-0.05, 0) is 40.5 Å². The van der Waals surface area contributed by atoms with E-state index in [2.05, 4.69) is 49.7 Å². The third kappa shape index (κ3) is 5.59. The summed E-state index contributed by atoms with van der Waals surface area (Å²) in [5.41, 5.74) is 4.46. The fourth-order valence-electron chi connectivity index (χ4n) is 0.868. The van der Waals surface area contributed by atoms with Gasteiger partial charge in [0.05, 0.1) is 0 Å². The summed E-state index contributed by atoms with van der Waals surface area (Å²) in [6.45, 7) is 8.77. The van der Waals surface area contributed by atoms with Crippen molar-refractivity contribution in [3.8, 4) is 0 Å². The highest BCUT2D eigenvalue weighted by Crippen LogP contribution is 2.14. The molecule has 0 radical (unpaired) electrons. The first-order valence-electron chi connectivity index (χ1n) is 4.42. The van der Waals surface area contributed by atoms with Crippen molar-refractivity contribution in [3.05, 3.63) is 22.8 Å². The van der Waals surface area contributed by atoms with Gasteiger partial charge in [0.15, 0.2) is 0 Å². The van der Waals surface area contributed by atoms with Crippen LogP contribution in [0.2, 0.25) is 0 Å². The highest BCUT2D eigenvalue weighted by molar-refractivity contribution is 9.09. The highest BCUT2D eigenvalue weighted by Gasteiger charge is 1.93. The molecule has 0 atom stereocenters. The van der Waals surface area contributed by atoms with Crippen LogP contribution in [-0.2, 0) is 0 Å². The molecule has 70 valence electrons. The molecular weight excluding hydrogens is 212 g/mol. The van der Waals surface area contributed by atoms with E-state index in [9.17, 15) is 0 Å². The van der Waals surface area contributed by atoms with Gasteiger partial charge in [0.25, 0.3) is 0 Å². The second-order valence-corrected chi connectivity index (χ2v) is 4.13. The van der Waals surface area contributed by atoms with Gasteiger partial charge in [0.2, 0.25) is 0 Å². The molecule has 0 amide bonds. The molecule has 0 rings (SSSR count). The summed E-state index contributed by atoms with van der Waals surface area (Å²) < 4.78 is 0. The van der Waals surface area contributed by atoms with E-state index in [1.54, 1.807) is 0 Å². The van der Waals surface area contributed by atoms with E-state index in [0.29, 0.717) is 0 Å². The fourth-order valence-corrected chi connectivity index (χ4v) is 1.42. The zero-order chi connectivity index (χ0) is 9.56. The number of allylic oxidation sites excluding steroid dienone is 4. The normalized spacial score (nSPS) is 11.6. The maximum atomic E-state index is 3.40. The molecule has 0 aromatic rings. The summed E-state index contributed by atoms with van der Waals surface area (Å²) in [7, 11) is 0. The Balaban J connectivity index is 3.84. The molecule has 0 aliphatic rings. The van der Waals surface area contributed by atoms with Crippen molar-refractivity contribution < 1.29 is 0 Å². The molecule has 0 heterocycles. The van der Waals surface area contributed by atoms with Gasteiger partial charge in [-0.1, -0.05) is 38.7 Å². The Hall–Kier alpha value is -0.0400. The zero-order valence-electron chi connectivity index (χ0n) is 8.58. The lowest BCUT2D eigenvalue weighted by Crippen LogP contribution is -1.84. The van der Waals surface area contributed by atoms with Crippen LogP contribution in [0.15, 0.2) is 22.8 Å². The SMILES string of the molecule is CC(=CCBr)CCC(C)=C(C)C. The van der Waals surface area contributed by atoms with Crippen LogP contribution in [0.1, 0.15) is 40.5 Å². The van der Waals surface area contributed by atoms with E-state index in [1.165, 1.54) is 29.6 Å². The minimum atomic E-state index is 0.979. The van der Waals surface area contributed by atoms with Crippen LogP contribution in [0.25, 0.3) is 0 Å². The second-order valence-electron chi connectivity index (χ2n) is 3.49. The van der Waals surface area contributed by atoms with Gasteiger partial charge in [0.1, 0.15) is 0 Å². The van der Waals surface area contributed by atoms with Crippen LogP contribution in [0.3, 0.4) is 0 Å². The van der Waals surface area contributed by atoms with Gasteiger partial charge in [-0.3, -0.25) is 0 Å². The van der Waals surface area contributed by atoms with Crippen molar-refractivity contribution in [2.45, 2.75) is 40.5 Å². The monoisotopic (exact) mass is 230 g/mol. The molecule has 0 aliphatic heterocycles. The van der Waals surface area contributed by atoms with Crippen molar-refractivity contribution in [2.75, 3.05) is 5.33 Å². The second kappa shape index (κ2) is 6.47. The van der Waals surface area contributed by atoms with E-state index in [-0.39, 0.29) is 0 Å². The molecule has 0 saturated heterocycles. The lowest BCUT2D eigenvalue weighted by molar-refractivity contribution is 0.906. The molecule has 1 heteroatoms. The molecule has 0 unspecified atom stereocenters. The van der Waals surface area contributed by atoms with Crippen molar-refractivity contribution in [1.82, 2.24) is 0 Å². The van der Waals surface area contributed by atoms with E-state index in [0.717, 1.165) is 5.33 Å². The summed E-state index contributed by atoms with van der Waals surface area (Å²) >= 11 is 3.40. The number of alkyl halides is 1. The quantitative estimate of drug-likeness (QED) is 0.494. The average molecular weight is 231 g/mol. The van der Waals surface area contributed by atoms with Gasteiger partial charge in [-0.2, -0.15) is 0 Å². The largest absolute Gasteiger partial charge is 0.0883 e. The molecule has 0 nitrogen and oxygen atoms in total. The van der Waals surface area contributed by atoms with Gasteiger partial charge >= 0.3 is 0 Å². The van der Waals surface area contributed by atoms with Crippen molar-refractivity contribution in [2.24, 2.45) is 0 Å². The van der Waals surface area contributed by atoms with Crippen molar-refractivity contribution in [1.29, 1.82) is 0 Å². The number of hydrogen-bond acceptors (Lipinski definition) is 0. The summed E-state index contributed by atoms with van der Waals surface area (Å²) in [6.07, 6.45) is 4.64. The molecule has 0 saturated carbocycles. The molecule has 0 aromatic heterocycles. The van der Waals surface area contributed by atoms with E-state index in [1.807, 2.05) is 0 Å². The van der Waals surface area contributed by atoms with Crippen LogP contribution in [0, 0.1) is 0 Å². The number of hydrogen-bond donors (Lipinski definition) is 0. The molecular formula is C11H19Br. The first-order valence-corrected chi connectivity index (χ1v) is 5.54. The van der Waals surface area contributed by atoms with Crippen LogP contribution >= 0.6 is 15.9 Å². The Kier molecular flexibility index (Phi) is 6.45. The fraction of sp³-hybridized carbons (Fsp3) is 0.636. The molecule has 0 bridgehead atoms. The average Bonchev–Trinajstić information content (AvgIpc) is 2.00. The van der Waals surface area contributed by atoms with Crippen molar-refractivity contribution in [3.63, 3.8) is 0 Å². The molecule has 0 N–H and O–H groups in total. The minimum Gasteiger partial charge on any atom is -0.0883 e. The van der Waals surface area contributed by atoms with Gasteiger partial charge in [0, 0.05) is 5.33 Å². The highest BCUT2D eigenvalue weighted by atomic mass is 79.9. The van der Waals surface area contributed by atoms with Crippen LogP contribution in [-0.4, -0.2) is 5.33 Å². The molecule has 0 fully saturated rings. The van der Waals surface area contributed by atoms with E-state index < -0.39 is 0 Å². The van der Waals surface area contributed by atoms with Gasteiger partial charge < -0.3 is 0 Å². The summed E-state index contributed by atoms with van der Waals surface area (Å²) in [4.78, 5) is 0. The minimum absolute atomic E-state index is 0.979. The number of rotatable bonds is 4. The smallest absolute Gasteiger partial charge is 0.0214 e. The molecule has 12 heavy (non-hydrogen) atoms. The van der Waals surface area contributed by atoms with E-state index >= 15 is 0 Å². The predicted octanol–water partition coefficient (Wildman–Crippen LogP) is 4.46. The Morgan fingerprint density at radius 1 is 1.08 bits per heavy atom. The van der Waals surface area contributed by atoms with E-state index in [4.69, 9.17) is 0 Å². The Morgan fingerprint density at radius 2 is 1.67 bits per heavy atom. The Bertz CT molecular complexity index is 183. The molecule has 0 aliphatic carbocycles. The van der Waals surface area contributed by atoms with Gasteiger partial charge in [-0.15, -0.1) is 0 Å². The Labute approximate surface area is 84.9 Å². The van der Waals surface area contributed by atoms with Crippen LogP contribution in [0.5, 0.6) is 0 Å². The molecule has 0 aromatic carbocycles. The van der Waals surface area contributed by atoms with Gasteiger partial charge in [-0.25, -0.2) is 0 Å². The lowest BCUT2D eigenvalue weighted by Gasteiger charge is -2.03. The first-order chi connectivity index (χ1) is 5.57. The maximum absolute atomic E-state index is 3.40. The zero-order valence-corrected chi connectivity index (χ0v) is 10.2. The summed E-state index contributed by atoms with van der Waals surface area (Å²) in [5, 5.41) is 0.979. The van der Waals surface area contributed by atoms with Crippen LogP contribution < -0.4 is 0 Å². The molecule has 0 spiro atoms. The Morgan fingerprint density at radius 3 is 2.08 bits per heavy atom. The third-order valence-electron chi connectivity index (χ3n) is 2.17. The predicted molar refractivity (Wildman–Crippen MR) is 60.8 cm³/mol. The third-order valence-corrected chi connectivity index (χ3v) is 2.50. The first kappa shape index (κ1) is 12.0. The lowest BCUT2D eigenvalue weighted by atomic mass is 10.0. The van der Waals surface area contributed by atoms with Crippen LogP contribution in [0.4, 0.5) is 0 Å². The maximum Gasteiger partial charge on any atom is 0.0214 e.